The van der Waals surface area contributed by atoms with Gasteiger partial charge in [0, 0.05) is 43.5 Å². The molecule has 2 fully saturated rings. The van der Waals surface area contributed by atoms with Gasteiger partial charge in [-0.3, -0.25) is 14.4 Å². The van der Waals surface area contributed by atoms with Crippen molar-refractivity contribution in [1.82, 2.24) is 15.1 Å². The molecule has 4 amide bonds. The second kappa shape index (κ2) is 12.8. The fraction of sp³-hybridized carbons (Fsp3) is 0.677. The lowest BCUT2D eigenvalue weighted by Crippen LogP contribution is -2.55. The molecule has 0 unspecified atom stereocenters. The molecule has 13 heteroatoms. The highest BCUT2D eigenvalue weighted by molar-refractivity contribution is 8.01. The number of hydrogen-bond donors (Lipinski definition) is 1. The molecule has 0 radical (unpaired) electrons. The fourth-order valence-electron chi connectivity index (χ4n) is 5.99. The van der Waals surface area contributed by atoms with Crippen LogP contribution in [-0.4, -0.2) is 82.2 Å². The van der Waals surface area contributed by atoms with Crippen molar-refractivity contribution in [2.45, 2.75) is 114 Å². The molecule has 2 aliphatic heterocycles. The molecule has 1 aromatic rings. The van der Waals surface area contributed by atoms with Crippen LogP contribution in [-0.2, 0) is 20.5 Å². The van der Waals surface area contributed by atoms with Crippen LogP contribution in [0.5, 0.6) is 0 Å². The van der Waals surface area contributed by atoms with Crippen LogP contribution in [0.15, 0.2) is 17.0 Å². The Balaban J connectivity index is 1.73. The molecular formula is C31H43F3N4O5S. The molecular weight excluding hydrogens is 597 g/mol. The number of fused-ring (bicyclic) bond motifs is 1. The predicted octanol–water partition coefficient (Wildman–Crippen LogP) is 5.84. The quantitative estimate of drug-likeness (QED) is 0.402. The maximum Gasteiger partial charge on any atom is 0.417 e. The third kappa shape index (κ3) is 7.13. The molecule has 3 aliphatic rings. The van der Waals surface area contributed by atoms with E-state index >= 15 is 0 Å². The molecule has 0 bridgehead atoms. The van der Waals surface area contributed by atoms with Gasteiger partial charge in [-0.15, -0.1) is 11.8 Å². The Morgan fingerprint density at radius 1 is 1.16 bits per heavy atom. The number of thioether (sulfide) groups is 1. The van der Waals surface area contributed by atoms with Gasteiger partial charge in [-0.25, -0.2) is 4.79 Å². The van der Waals surface area contributed by atoms with Crippen LogP contribution in [0.4, 0.5) is 23.7 Å². The number of amides is 4. The average molecular weight is 641 g/mol. The van der Waals surface area contributed by atoms with E-state index in [2.05, 4.69) is 5.32 Å². The molecule has 9 nitrogen and oxygen atoms in total. The van der Waals surface area contributed by atoms with Crippen molar-refractivity contribution in [3.63, 3.8) is 0 Å². The minimum absolute atomic E-state index is 0.0697. The number of nitrogens with one attached hydrogen (secondary N) is 1. The first kappa shape index (κ1) is 33.9. The average Bonchev–Trinajstić information content (AvgIpc) is 2.90. The number of rotatable bonds is 7. The first-order valence-corrected chi connectivity index (χ1v) is 16.1. The summed E-state index contributed by atoms with van der Waals surface area (Å²) >= 11 is 1.14. The number of alkyl halides is 3. The maximum absolute atomic E-state index is 14.6. The van der Waals surface area contributed by atoms with Crippen molar-refractivity contribution in [3.05, 3.63) is 23.3 Å². The van der Waals surface area contributed by atoms with E-state index in [1.54, 1.807) is 41.5 Å². The third-order valence-electron chi connectivity index (χ3n) is 8.24. The normalized spacial score (nSPS) is 19.9. The number of carbonyl (C=O) groups excluding carboxylic acids is 4. The molecule has 44 heavy (non-hydrogen) atoms. The third-order valence-corrected chi connectivity index (χ3v) is 9.76. The van der Waals surface area contributed by atoms with Gasteiger partial charge < -0.3 is 24.8 Å². The van der Waals surface area contributed by atoms with Crippen LogP contribution in [0.1, 0.15) is 96.0 Å². The molecule has 0 aromatic heterocycles. The lowest BCUT2D eigenvalue weighted by Gasteiger charge is -2.47. The van der Waals surface area contributed by atoms with Crippen LogP contribution in [0, 0.1) is 0 Å². The second-order valence-electron chi connectivity index (χ2n) is 13.0. The van der Waals surface area contributed by atoms with Crippen LogP contribution < -0.4 is 10.2 Å². The topological polar surface area (TPSA) is 99.3 Å². The van der Waals surface area contributed by atoms with Crippen molar-refractivity contribution < 1.29 is 37.1 Å². The summed E-state index contributed by atoms with van der Waals surface area (Å²) in [5.74, 6) is -1.23. The Bertz CT molecular complexity index is 1290. The molecule has 244 valence electrons. The number of nitrogens with zero attached hydrogens (tertiary/aromatic N) is 3. The smallest absolute Gasteiger partial charge is 0.417 e. The van der Waals surface area contributed by atoms with Crippen LogP contribution in [0.3, 0.4) is 0 Å². The molecule has 1 aliphatic carbocycles. The minimum atomic E-state index is -4.83. The van der Waals surface area contributed by atoms with Crippen LogP contribution in [0.25, 0.3) is 0 Å². The standard InChI is InChI=1S/C31H43F3N4O5S/c1-7-25(39)35-13-15-37-23-16-21(22(31(32,33)34)17-24(23)44-30(27(37)41)11-9-12-30)26(40)38(19(2)3)20-10-8-14-36(18-20)28(42)43-29(4,5)6/h16-17,19-20H,7-15,18H2,1-6H3,(H,35,39)/t20-/m1/s1. The van der Waals surface area contributed by atoms with Crippen molar-refractivity contribution >= 4 is 41.3 Å². The first-order chi connectivity index (χ1) is 20.5. The number of benzene rings is 1. The van der Waals surface area contributed by atoms with Crippen molar-refractivity contribution in [3.8, 4) is 0 Å². The molecule has 1 spiro atoms. The molecule has 2 heterocycles. The van der Waals surface area contributed by atoms with E-state index in [-0.39, 0.29) is 43.6 Å². The molecule has 1 atom stereocenters. The zero-order valence-electron chi connectivity index (χ0n) is 26.3. The highest BCUT2D eigenvalue weighted by Crippen LogP contribution is 2.56. The summed E-state index contributed by atoms with van der Waals surface area (Å²) in [5, 5.41) is 2.73. The largest absolute Gasteiger partial charge is 0.444 e. The summed E-state index contributed by atoms with van der Waals surface area (Å²) < 4.78 is 48.6. The van der Waals surface area contributed by atoms with Gasteiger partial charge in [-0.1, -0.05) is 6.92 Å². The first-order valence-electron chi connectivity index (χ1n) is 15.3. The van der Waals surface area contributed by atoms with Crippen LogP contribution in [0.2, 0.25) is 0 Å². The molecule has 1 saturated carbocycles. The Morgan fingerprint density at radius 2 is 1.84 bits per heavy atom. The van der Waals surface area contributed by atoms with Gasteiger partial charge in [0.05, 0.1) is 27.6 Å². The summed E-state index contributed by atoms with van der Waals surface area (Å²) in [6.07, 6.45) is -2.14. The summed E-state index contributed by atoms with van der Waals surface area (Å²) in [7, 11) is 0. The van der Waals surface area contributed by atoms with E-state index in [0.717, 1.165) is 24.2 Å². The van der Waals surface area contributed by atoms with Gasteiger partial charge in [0.25, 0.3) is 5.91 Å². The maximum atomic E-state index is 14.6. The van der Waals surface area contributed by atoms with E-state index in [0.29, 0.717) is 37.1 Å². The summed E-state index contributed by atoms with van der Waals surface area (Å²) in [6, 6.07) is 1.19. The van der Waals surface area contributed by atoms with E-state index in [4.69, 9.17) is 4.74 Å². The summed E-state index contributed by atoms with van der Waals surface area (Å²) in [4.78, 5) is 57.2. The lowest BCUT2D eigenvalue weighted by molar-refractivity contribution is -0.138. The van der Waals surface area contributed by atoms with E-state index in [1.165, 1.54) is 20.8 Å². The number of ether oxygens (including phenoxy) is 1. The van der Waals surface area contributed by atoms with Crippen LogP contribution >= 0.6 is 11.8 Å². The number of halogens is 3. The number of piperidine rings is 1. The number of carbonyl (C=O) groups is 4. The highest BCUT2D eigenvalue weighted by atomic mass is 32.2. The van der Waals surface area contributed by atoms with Gasteiger partial charge in [0.2, 0.25) is 11.8 Å². The van der Waals surface area contributed by atoms with Gasteiger partial charge in [0.15, 0.2) is 0 Å². The Morgan fingerprint density at radius 3 is 2.39 bits per heavy atom. The van der Waals surface area contributed by atoms with Gasteiger partial charge in [-0.05, 0) is 78.9 Å². The van der Waals surface area contributed by atoms with Gasteiger partial charge in [0.1, 0.15) is 5.60 Å². The minimum Gasteiger partial charge on any atom is -0.444 e. The van der Waals surface area contributed by atoms with Crippen molar-refractivity contribution in [2.75, 3.05) is 31.1 Å². The van der Waals surface area contributed by atoms with E-state index in [1.807, 2.05) is 0 Å². The molecule has 1 N–H and O–H groups in total. The summed E-state index contributed by atoms with van der Waals surface area (Å²) in [5.41, 5.74) is -2.08. The predicted molar refractivity (Wildman–Crippen MR) is 162 cm³/mol. The zero-order valence-corrected chi connectivity index (χ0v) is 27.1. The molecule has 1 aromatic carbocycles. The Kier molecular flexibility index (Phi) is 9.87. The number of anilines is 1. The fourth-order valence-corrected chi connectivity index (χ4v) is 7.55. The highest BCUT2D eigenvalue weighted by Gasteiger charge is 2.52. The number of hydrogen-bond acceptors (Lipinski definition) is 6. The summed E-state index contributed by atoms with van der Waals surface area (Å²) in [6.45, 7) is 11.2. The van der Waals surface area contributed by atoms with Crippen molar-refractivity contribution in [2.24, 2.45) is 0 Å². The van der Waals surface area contributed by atoms with E-state index < -0.39 is 51.7 Å². The number of likely N-dealkylation sites (tertiary alicyclic amines) is 1. The Labute approximate surface area is 261 Å². The van der Waals surface area contributed by atoms with Crippen molar-refractivity contribution in [1.29, 1.82) is 0 Å². The lowest BCUT2D eigenvalue weighted by atomic mass is 9.82. The van der Waals surface area contributed by atoms with Gasteiger partial charge in [-0.2, -0.15) is 13.2 Å². The second-order valence-corrected chi connectivity index (χ2v) is 14.4. The SMILES string of the molecule is CCC(=O)NCCN1C(=O)C2(CCC2)Sc2cc(C(F)(F)F)c(C(=O)N(C(C)C)[C@@H]3CCCN(C(=O)OC(C)(C)C)C3)cc21. The Hall–Kier alpha value is -2.96. The van der Waals surface area contributed by atoms with E-state index in [9.17, 15) is 32.3 Å². The monoisotopic (exact) mass is 640 g/mol. The van der Waals surface area contributed by atoms with Gasteiger partial charge >= 0.3 is 12.3 Å². The molecule has 1 saturated heterocycles. The zero-order chi connectivity index (χ0) is 32.6. The molecule has 4 rings (SSSR count).